The van der Waals surface area contributed by atoms with Crippen LogP contribution >= 0.6 is 11.6 Å². The molecule has 0 amide bonds. The number of benzene rings is 1. The number of hydrogen-bond acceptors (Lipinski definition) is 3. The van der Waals surface area contributed by atoms with Gasteiger partial charge in [0.2, 0.25) is 0 Å². The summed E-state index contributed by atoms with van der Waals surface area (Å²) in [5, 5.41) is 0.640. The molecule has 0 aromatic heterocycles. The van der Waals surface area contributed by atoms with E-state index < -0.39 is 0 Å². The van der Waals surface area contributed by atoms with E-state index >= 15 is 0 Å². The maximum atomic E-state index is 12.2. The van der Waals surface area contributed by atoms with Crippen molar-refractivity contribution in [1.82, 2.24) is 9.80 Å². The summed E-state index contributed by atoms with van der Waals surface area (Å²) in [4.78, 5) is 16.8. The van der Waals surface area contributed by atoms with Crippen LogP contribution in [0.25, 0.3) is 0 Å². The van der Waals surface area contributed by atoms with Gasteiger partial charge in [0.05, 0.1) is 0 Å². The smallest absolute Gasteiger partial charge is 0.189 e. The van der Waals surface area contributed by atoms with Gasteiger partial charge in [0.1, 0.15) is 0 Å². The van der Waals surface area contributed by atoms with Crippen LogP contribution in [0.1, 0.15) is 10.4 Å². The lowest BCUT2D eigenvalue weighted by Gasteiger charge is -2.32. The van der Waals surface area contributed by atoms with Crippen molar-refractivity contribution in [2.45, 2.75) is 0 Å². The first-order valence-electron chi connectivity index (χ1n) is 6.45. The van der Waals surface area contributed by atoms with E-state index in [-0.39, 0.29) is 5.78 Å². The zero-order chi connectivity index (χ0) is 13.8. The molecule has 0 saturated carbocycles. The summed E-state index contributed by atoms with van der Waals surface area (Å²) in [6.45, 7) is 8.64. The first kappa shape index (κ1) is 14.3. The van der Waals surface area contributed by atoms with E-state index in [1.807, 2.05) is 0 Å². The summed E-state index contributed by atoms with van der Waals surface area (Å²) in [5.74, 6) is 0.00981. The third kappa shape index (κ3) is 3.90. The van der Waals surface area contributed by atoms with Gasteiger partial charge in [-0.1, -0.05) is 18.2 Å². The highest BCUT2D eigenvalue weighted by atomic mass is 35.5. The van der Waals surface area contributed by atoms with E-state index in [2.05, 4.69) is 23.4 Å². The van der Waals surface area contributed by atoms with Crippen molar-refractivity contribution in [2.24, 2.45) is 0 Å². The van der Waals surface area contributed by atoms with Gasteiger partial charge in [-0.05, 0) is 31.3 Å². The topological polar surface area (TPSA) is 23.6 Å². The highest BCUT2D eigenvalue weighted by molar-refractivity contribution is 6.30. The van der Waals surface area contributed by atoms with Gasteiger partial charge in [-0.15, -0.1) is 0 Å². The van der Waals surface area contributed by atoms with Crippen LogP contribution < -0.4 is 0 Å². The quantitative estimate of drug-likeness (QED) is 0.624. The fourth-order valence-electron chi connectivity index (χ4n) is 2.15. The van der Waals surface area contributed by atoms with E-state index in [9.17, 15) is 4.79 Å². The standard InChI is InChI=1S/C15H19ClN2O/c1-12(11-18-9-7-17(2)8-10-18)15(19)13-3-5-14(16)6-4-13/h3-6H,1,7-11H2,2H3. The number of likely N-dealkylation sites (N-methyl/N-ethyl adjacent to an activating group) is 1. The van der Waals surface area contributed by atoms with Crippen molar-refractivity contribution in [3.63, 3.8) is 0 Å². The Kier molecular flexibility index (Phi) is 4.75. The van der Waals surface area contributed by atoms with Gasteiger partial charge in [0, 0.05) is 48.9 Å². The van der Waals surface area contributed by atoms with Crippen LogP contribution in [-0.2, 0) is 0 Å². The summed E-state index contributed by atoms with van der Waals surface area (Å²) in [6, 6.07) is 6.97. The van der Waals surface area contributed by atoms with Crippen LogP contribution in [0.2, 0.25) is 5.02 Å². The zero-order valence-electron chi connectivity index (χ0n) is 11.2. The molecule has 0 bridgehead atoms. The minimum Gasteiger partial charge on any atom is -0.304 e. The summed E-state index contributed by atoms with van der Waals surface area (Å²) in [6.07, 6.45) is 0. The van der Waals surface area contributed by atoms with Gasteiger partial charge >= 0.3 is 0 Å². The molecule has 1 heterocycles. The van der Waals surface area contributed by atoms with E-state index in [1.54, 1.807) is 24.3 Å². The SMILES string of the molecule is C=C(CN1CCN(C)CC1)C(=O)c1ccc(Cl)cc1. The van der Waals surface area contributed by atoms with Crippen molar-refractivity contribution in [2.75, 3.05) is 39.8 Å². The Labute approximate surface area is 119 Å². The van der Waals surface area contributed by atoms with E-state index in [0.717, 1.165) is 26.2 Å². The second-order valence-electron chi connectivity index (χ2n) is 5.02. The van der Waals surface area contributed by atoms with Crippen LogP contribution in [0.4, 0.5) is 0 Å². The molecule has 0 unspecified atom stereocenters. The van der Waals surface area contributed by atoms with Gasteiger partial charge in [-0.2, -0.15) is 0 Å². The summed E-state index contributed by atoms with van der Waals surface area (Å²) in [5.41, 5.74) is 1.30. The number of hydrogen-bond donors (Lipinski definition) is 0. The molecule has 0 N–H and O–H groups in total. The Bertz CT molecular complexity index is 462. The molecule has 0 atom stereocenters. The molecule has 1 saturated heterocycles. The number of ketones is 1. The predicted molar refractivity (Wildman–Crippen MR) is 78.9 cm³/mol. The number of carbonyl (C=O) groups is 1. The number of halogens is 1. The second kappa shape index (κ2) is 6.33. The molecule has 1 aliphatic rings. The lowest BCUT2D eigenvalue weighted by atomic mass is 10.0. The van der Waals surface area contributed by atoms with Gasteiger partial charge < -0.3 is 4.90 Å². The molecule has 1 aliphatic heterocycles. The van der Waals surface area contributed by atoms with Crippen LogP contribution in [0.3, 0.4) is 0 Å². The number of carbonyl (C=O) groups excluding carboxylic acids is 1. The molecule has 2 rings (SSSR count). The van der Waals surface area contributed by atoms with Crippen molar-refractivity contribution in [3.05, 3.63) is 47.0 Å². The average Bonchev–Trinajstić information content (AvgIpc) is 2.41. The minimum absolute atomic E-state index is 0.00981. The Morgan fingerprint density at radius 3 is 2.37 bits per heavy atom. The van der Waals surface area contributed by atoms with Gasteiger partial charge in [-0.25, -0.2) is 0 Å². The van der Waals surface area contributed by atoms with Crippen LogP contribution in [0.5, 0.6) is 0 Å². The highest BCUT2D eigenvalue weighted by Gasteiger charge is 2.17. The largest absolute Gasteiger partial charge is 0.304 e. The summed E-state index contributed by atoms with van der Waals surface area (Å²) < 4.78 is 0. The lowest BCUT2D eigenvalue weighted by molar-refractivity contribution is 0.101. The molecule has 0 radical (unpaired) electrons. The maximum Gasteiger partial charge on any atom is 0.189 e. The second-order valence-corrected chi connectivity index (χ2v) is 5.46. The van der Waals surface area contributed by atoms with Crippen molar-refractivity contribution in [3.8, 4) is 0 Å². The summed E-state index contributed by atoms with van der Waals surface area (Å²) in [7, 11) is 2.12. The maximum absolute atomic E-state index is 12.2. The Hall–Kier alpha value is -1.16. The first-order valence-corrected chi connectivity index (χ1v) is 6.83. The van der Waals surface area contributed by atoms with Gasteiger partial charge in [0.15, 0.2) is 5.78 Å². The molecule has 3 nitrogen and oxygen atoms in total. The molecule has 0 spiro atoms. The fraction of sp³-hybridized carbons (Fsp3) is 0.400. The fourth-order valence-corrected chi connectivity index (χ4v) is 2.28. The summed E-state index contributed by atoms with van der Waals surface area (Å²) >= 11 is 5.82. The van der Waals surface area contributed by atoms with Crippen LogP contribution in [0.15, 0.2) is 36.4 Å². The molecule has 19 heavy (non-hydrogen) atoms. The third-order valence-electron chi connectivity index (χ3n) is 3.44. The van der Waals surface area contributed by atoms with Gasteiger partial charge in [0.25, 0.3) is 0 Å². The van der Waals surface area contributed by atoms with Gasteiger partial charge in [-0.3, -0.25) is 9.69 Å². The van der Waals surface area contributed by atoms with E-state index in [1.165, 1.54) is 0 Å². The number of piperazine rings is 1. The Morgan fingerprint density at radius 1 is 1.21 bits per heavy atom. The van der Waals surface area contributed by atoms with Crippen molar-refractivity contribution >= 4 is 17.4 Å². The number of Topliss-reactive ketones (excluding diaryl/α,β-unsaturated/α-hetero) is 1. The zero-order valence-corrected chi connectivity index (χ0v) is 12.0. The molecule has 4 heteroatoms. The monoisotopic (exact) mass is 278 g/mol. The average molecular weight is 279 g/mol. The first-order chi connectivity index (χ1) is 9.06. The highest BCUT2D eigenvalue weighted by Crippen LogP contribution is 2.13. The number of nitrogens with zero attached hydrogens (tertiary/aromatic N) is 2. The minimum atomic E-state index is 0.00981. The Morgan fingerprint density at radius 2 is 1.79 bits per heavy atom. The molecule has 1 aromatic rings. The predicted octanol–water partition coefficient (Wildman–Crippen LogP) is 2.33. The molecule has 1 aromatic carbocycles. The molecular formula is C15H19ClN2O. The molecule has 1 fully saturated rings. The van der Waals surface area contributed by atoms with Crippen LogP contribution in [0, 0.1) is 0 Å². The number of rotatable bonds is 4. The van der Waals surface area contributed by atoms with E-state index in [4.69, 9.17) is 11.6 Å². The normalized spacial score (nSPS) is 17.4. The molecule has 102 valence electrons. The molecular weight excluding hydrogens is 260 g/mol. The molecule has 0 aliphatic carbocycles. The van der Waals surface area contributed by atoms with Crippen molar-refractivity contribution < 1.29 is 4.79 Å². The van der Waals surface area contributed by atoms with E-state index in [0.29, 0.717) is 22.7 Å². The lowest BCUT2D eigenvalue weighted by Crippen LogP contribution is -2.45. The van der Waals surface area contributed by atoms with Crippen LogP contribution in [-0.4, -0.2) is 55.4 Å². The van der Waals surface area contributed by atoms with Crippen molar-refractivity contribution in [1.29, 1.82) is 0 Å². The third-order valence-corrected chi connectivity index (χ3v) is 3.69. The Balaban J connectivity index is 1.92.